The first-order valence-electron chi connectivity index (χ1n) is 7.83. The maximum atomic E-state index is 12.9. The Hall–Kier alpha value is -2.32. The summed E-state index contributed by atoms with van der Waals surface area (Å²) in [6, 6.07) is 0.391. The lowest BCUT2D eigenvalue weighted by Gasteiger charge is -2.14. The lowest BCUT2D eigenvalue weighted by atomic mass is 10.2. The van der Waals surface area contributed by atoms with Crippen molar-refractivity contribution in [2.45, 2.75) is 44.8 Å². The monoisotopic (exact) mass is 340 g/mol. The maximum absolute atomic E-state index is 12.9. The smallest absolute Gasteiger partial charge is 0.372 e. The minimum atomic E-state index is -4.50. The summed E-state index contributed by atoms with van der Waals surface area (Å²) in [5.41, 5.74) is 0.731. The summed E-state index contributed by atoms with van der Waals surface area (Å²) in [6.07, 6.45) is 2.53. The van der Waals surface area contributed by atoms with Gasteiger partial charge in [-0.1, -0.05) is 12.8 Å². The third-order valence-electron chi connectivity index (χ3n) is 4.29. The van der Waals surface area contributed by atoms with E-state index in [4.69, 9.17) is 0 Å². The molecule has 0 saturated heterocycles. The van der Waals surface area contributed by atoms with Gasteiger partial charge in [0.05, 0.1) is 23.6 Å². The summed E-state index contributed by atoms with van der Waals surface area (Å²) >= 11 is 0. The van der Waals surface area contributed by atoms with Gasteiger partial charge in [0.25, 0.3) is 0 Å². The molecule has 130 valence electrons. The number of aromatic nitrogens is 4. The third kappa shape index (κ3) is 3.15. The van der Waals surface area contributed by atoms with Gasteiger partial charge in [-0.25, -0.2) is 4.98 Å². The van der Waals surface area contributed by atoms with Crippen molar-refractivity contribution in [3.05, 3.63) is 23.7 Å². The quantitative estimate of drug-likeness (QED) is 0.883. The molecule has 0 atom stereocenters. The van der Waals surface area contributed by atoms with Gasteiger partial charge in [-0.05, 0) is 19.8 Å². The maximum Gasteiger partial charge on any atom is 0.421 e. The number of anilines is 3. The number of hydrogen-bond acceptors (Lipinski definition) is 5. The van der Waals surface area contributed by atoms with Crippen molar-refractivity contribution >= 4 is 17.5 Å². The molecule has 0 spiro atoms. The van der Waals surface area contributed by atoms with Crippen LogP contribution in [0.3, 0.4) is 0 Å². The van der Waals surface area contributed by atoms with Gasteiger partial charge in [-0.15, -0.1) is 0 Å². The van der Waals surface area contributed by atoms with Gasteiger partial charge in [-0.2, -0.15) is 23.3 Å². The highest BCUT2D eigenvalue weighted by Gasteiger charge is 2.35. The van der Waals surface area contributed by atoms with Gasteiger partial charge in [0.15, 0.2) is 0 Å². The van der Waals surface area contributed by atoms with Gasteiger partial charge in [-0.3, -0.25) is 4.68 Å². The largest absolute Gasteiger partial charge is 0.421 e. The molecule has 6 nitrogen and oxygen atoms in total. The molecular weight excluding hydrogens is 321 g/mol. The van der Waals surface area contributed by atoms with Crippen LogP contribution in [-0.4, -0.2) is 26.8 Å². The van der Waals surface area contributed by atoms with E-state index in [9.17, 15) is 13.2 Å². The van der Waals surface area contributed by atoms with E-state index in [-0.39, 0.29) is 11.8 Å². The van der Waals surface area contributed by atoms with Crippen LogP contribution in [0.15, 0.2) is 12.4 Å². The van der Waals surface area contributed by atoms with E-state index in [1.165, 1.54) is 19.9 Å². The Balaban J connectivity index is 1.84. The molecule has 1 fully saturated rings. The SMILES string of the molecule is CNc1nc(Nc2cnn(C3CCCC3)c2C)ncc1C(F)(F)F. The first-order chi connectivity index (χ1) is 11.4. The number of nitrogens with zero attached hydrogens (tertiary/aromatic N) is 4. The molecule has 2 aromatic rings. The summed E-state index contributed by atoms with van der Waals surface area (Å²) in [4.78, 5) is 7.69. The zero-order chi connectivity index (χ0) is 17.3. The summed E-state index contributed by atoms with van der Waals surface area (Å²) in [7, 11) is 1.39. The van der Waals surface area contributed by atoms with Crippen LogP contribution in [0.4, 0.5) is 30.6 Å². The Kier molecular flexibility index (Phi) is 4.33. The molecule has 0 aliphatic heterocycles. The van der Waals surface area contributed by atoms with Crippen molar-refractivity contribution in [1.29, 1.82) is 0 Å². The fourth-order valence-corrected chi connectivity index (χ4v) is 3.02. The molecular formula is C15H19F3N6. The lowest BCUT2D eigenvalue weighted by molar-refractivity contribution is -0.137. The summed E-state index contributed by atoms with van der Waals surface area (Å²) in [6.45, 7) is 1.93. The summed E-state index contributed by atoms with van der Waals surface area (Å²) in [5, 5.41) is 9.81. The molecule has 1 saturated carbocycles. The number of alkyl halides is 3. The number of rotatable bonds is 4. The summed E-state index contributed by atoms with van der Waals surface area (Å²) in [5.74, 6) is -0.165. The Morgan fingerprint density at radius 1 is 1.21 bits per heavy atom. The Morgan fingerprint density at radius 2 is 1.92 bits per heavy atom. The van der Waals surface area contributed by atoms with E-state index in [1.54, 1.807) is 6.20 Å². The Bertz CT molecular complexity index is 718. The Labute approximate surface area is 137 Å². The molecule has 1 aliphatic carbocycles. The normalized spacial score (nSPS) is 15.7. The number of hydrogen-bond donors (Lipinski definition) is 2. The van der Waals surface area contributed by atoms with Crippen LogP contribution in [0.2, 0.25) is 0 Å². The van der Waals surface area contributed by atoms with Crippen LogP contribution in [0.1, 0.15) is 43.0 Å². The molecule has 2 heterocycles. The molecule has 2 N–H and O–H groups in total. The minimum Gasteiger partial charge on any atom is -0.372 e. The van der Waals surface area contributed by atoms with E-state index < -0.39 is 11.7 Å². The fraction of sp³-hybridized carbons (Fsp3) is 0.533. The first kappa shape index (κ1) is 16.5. The molecule has 9 heteroatoms. The van der Waals surface area contributed by atoms with Crippen LogP contribution < -0.4 is 10.6 Å². The molecule has 0 unspecified atom stereocenters. The highest BCUT2D eigenvalue weighted by molar-refractivity contribution is 5.58. The van der Waals surface area contributed by atoms with Gasteiger partial charge in [0, 0.05) is 13.2 Å². The average molecular weight is 340 g/mol. The van der Waals surface area contributed by atoms with Crippen LogP contribution in [-0.2, 0) is 6.18 Å². The molecule has 0 bridgehead atoms. The van der Waals surface area contributed by atoms with Crippen molar-refractivity contribution in [2.24, 2.45) is 0 Å². The van der Waals surface area contributed by atoms with Crippen LogP contribution in [0, 0.1) is 6.92 Å². The third-order valence-corrected chi connectivity index (χ3v) is 4.29. The highest BCUT2D eigenvalue weighted by atomic mass is 19.4. The second kappa shape index (κ2) is 6.29. The van der Waals surface area contributed by atoms with Crippen molar-refractivity contribution in [1.82, 2.24) is 19.7 Å². The fourth-order valence-electron chi connectivity index (χ4n) is 3.02. The topological polar surface area (TPSA) is 67.7 Å². The molecule has 3 rings (SSSR count). The van der Waals surface area contributed by atoms with Crippen LogP contribution in [0.5, 0.6) is 0 Å². The van der Waals surface area contributed by atoms with Gasteiger partial charge in [0.1, 0.15) is 11.4 Å². The molecule has 0 amide bonds. The zero-order valence-electron chi connectivity index (χ0n) is 13.5. The molecule has 1 aliphatic rings. The average Bonchev–Trinajstić information content (AvgIpc) is 3.17. The second-order valence-electron chi connectivity index (χ2n) is 5.86. The van der Waals surface area contributed by atoms with E-state index in [0.29, 0.717) is 11.7 Å². The van der Waals surface area contributed by atoms with Crippen LogP contribution >= 0.6 is 0 Å². The van der Waals surface area contributed by atoms with Gasteiger partial charge >= 0.3 is 6.18 Å². The van der Waals surface area contributed by atoms with Gasteiger partial charge < -0.3 is 10.6 Å². The van der Waals surface area contributed by atoms with E-state index in [1.807, 2.05) is 11.6 Å². The predicted molar refractivity (Wildman–Crippen MR) is 84.3 cm³/mol. The molecule has 0 aromatic carbocycles. The van der Waals surface area contributed by atoms with Crippen molar-refractivity contribution in [3.63, 3.8) is 0 Å². The standard InChI is InChI=1S/C15H19F3N6/c1-9-12(8-21-24(9)10-5-3-4-6-10)22-14-20-7-11(15(16,17)18)13(19-2)23-14/h7-8,10H,3-6H2,1-2H3,(H2,19,20,22,23). The number of nitrogens with one attached hydrogen (secondary N) is 2. The Morgan fingerprint density at radius 3 is 2.54 bits per heavy atom. The molecule has 24 heavy (non-hydrogen) atoms. The molecule has 0 radical (unpaired) electrons. The predicted octanol–water partition coefficient (Wildman–Crippen LogP) is 3.90. The zero-order valence-corrected chi connectivity index (χ0v) is 13.5. The number of halogens is 3. The van der Waals surface area contributed by atoms with Gasteiger partial charge in [0.2, 0.25) is 5.95 Å². The van der Waals surface area contributed by atoms with Crippen molar-refractivity contribution < 1.29 is 13.2 Å². The summed E-state index contributed by atoms with van der Waals surface area (Å²) < 4.78 is 40.6. The lowest BCUT2D eigenvalue weighted by Crippen LogP contribution is -2.13. The van der Waals surface area contributed by atoms with E-state index >= 15 is 0 Å². The highest BCUT2D eigenvalue weighted by Crippen LogP contribution is 2.35. The second-order valence-corrected chi connectivity index (χ2v) is 5.86. The van der Waals surface area contributed by atoms with Crippen LogP contribution in [0.25, 0.3) is 0 Å². The molecule has 2 aromatic heterocycles. The minimum absolute atomic E-state index is 0.0985. The first-order valence-corrected chi connectivity index (χ1v) is 7.83. The van der Waals surface area contributed by atoms with E-state index in [2.05, 4.69) is 25.7 Å². The van der Waals surface area contributed by atoms with E-state index in [0.717, 1.165) is 24.7 Å². The van der Waals surface area contributed by atoms with Crippen molar-refractivity contribution in [3.8, 4) is 0 Å². The van der Waals surface area contributed by atoms with Crippen molar-refractivity contribution in [2.75, 3.05) is 17.7 Å².